The van der Waals surface area contributed by atoms with Crippen LogP contribution in [0.2, 0.25) is 0 Å². The van der Waals surface area contributed by atoms with E-state index in [-0.39, 0.29) is 47.2 Å². The molecule has 4 aliphatic carbocycles. The predicted octanol–water partition coefficient (Wildman–Crippen LogP) is -1.78. The van der Waals surface area contributed by atoms with E-state index < -0.39 is 123 Å². The van der Waals surface area contributed by atoms with E-state index >= 15 is 0 Å². The fourth-order valence-electron chi connectivity index (χ4n) is 14.1. The number of aliphatic hydroxyl groups is 12. The van der Waals surface area contributed by atoms with Gasteiger partial charge in [-0.1, -0.05) is 27.7 Å². The lowest BCUT2D eigenvalue weighted by atomic mass is 9.44. The van der Waals surface area contributed by atoms with Crippen molar-refractivity contribution in [1.29, 1.82) is 0 Å². The van der Waals surface area contributed by atoms with Gasteiger partial charge in [-0.25, -0.2) is 0 Å². The molecule has 64 heavy (non-hydrogen) atoms. The Hall–Kier alpha value is -0.760. The smallest absolute Gasteiger partial charge is 0.187 e. The van der Waals surface area contributed by atoms with Gasteiger partial charge in [-0.3, -0.25) is 0 Å². The highest BCUT2D eigenvalue weighted by Gasteiger charge is 2.69. The van der Waals surface area contributed by atoms with Crippen LogP contribution in [0, 0.1) is 52.3 Å². The van der Waals surface area contributed by atoms with E-state index in [1.165, 1.54) is 6.92 Å². The number of fused-ring (bicyclic) bond motifs is 7. The van der Waals surface area contributed by atoms with Gasteiger partial charge < -0.3 is 94.4 Å². The summed E-state index contributed by atoms with van der Waals surface area (Å²) in [5, 5.41) is 127. The van der Waals surface area contributed by atoms with Crippen molar-refractivity contribution in [3.63, 3.8) is 0 Å². The Morgan fingerprint density at radius 2 is 1.31 bits per heavy atom. The summed E-state index contributed by atoms with van der Waals surface area (Å²) in [4.78, 5) is 0. The van der Waals surface area contributed by atoms with Crippen LogP contribution in [0.25, 0.3) is 0 Å². The van der Waals surface area contributed by atoms with E-state index in [2.05, 4.69) is 20.8 Å². The molecule has 8 rings (SSSR count). The molecule has 0 aromatic heterocycles. The monoisotopic (exact) mass is 920 g/mol. The predicted molar refractivity (Wildman–Crippen MR) is 219 cm³/mol. The second-order valence-corrected chi connectivity index (χ2v) is 21.6. The van der Waals surface area contributed by atoms with Crippen molar-refractivity contribution in [2.45, 2.75) is 209 Å². The van der Waals surface area contributed by atoms with Crippen LogP contribution in [0.15, 0.2) is 0 Å². The quantitative estimate of drug-likeness (QED) is 0.0964. The summed E-state index contributed by atoms with van der Waals surface area (Å²) in [7, 11) is 0. The van der Waals surface area contributed by atoms with E-state index in [4.69, 9.17) is 33.2 Å². The highest BCUT2D eigenvalue weighted by Crippen LogP contribution is 2.71. The molecule has 0 bridgehead atoms. The summed E-state index contributed by atoms with van der Waals surface area (Å²) in [5.74, 6) is -0.0681. The Bertz CT molecular complexity index is 1580. The average Bonchev–Trinajstić information content (AvgIpc) is 3.70. The number of ether oxygens (including phenoxy) is 7. The average molecular weight is 921 g/mol. The second kappa shape index (κ2) is 18.9. The van der Waals surface area contributed by atoms with E-state index in [9.17, 15) is 61.3 Å². The number of rotatable bonds is 12. The molecule has 4 saturated carbocycles. The van der Waals surface area contributed by atoms with Crippen LogP contribution in [0.4, 0.5) is 0 Å². The van der Waals surface area contributed by atoms with Crippen molar-refractivity contribution in [2.24, 2.45) is 52.3 Å². The maximum absolute atomic E-state index is 12.1. The molecule has 0 unspecified atom stereocenters. The number of aliphatic hydroxyl groups excluding tert-OH is 11. The molecule has 19 nitrogen and oxygen atoms in total. The van der Waals surface area contributed by atoms with Gasteiger partial charge in [0, 0.05) is 12.3 Å². The summed E-state index contributed by atoms with van der Waals surface area (Å²) >= 11 is 0. The Kier molecular flexibility index (Phi) is 14.6. The molecule has 19 heteroatoms. The molecule has 8 fully saturated rings. The van der Waals surface area contributed by atoms with Crippen molar-refractivity contribution >= 4 is 0 Å². The first-order valence-corrected chi connectivity index (χ1v) is 23.8. The lowest BCUT2D eigenvalue weighted by Crippen LogP contribution is -2.65. The molecular formula is C45H76O19. The van der Waals surface area contributed by atoms with Gasteiger partial charge in [0.1, 0.15) is 67.1 Å². The van der Waals surface area contributed by atoms with Gasteiger partial charge in [0.15, 0.2) is 24.7 Å². The SMILES string of the molecule is C[C@@H](CC[C@@]1(O)O[C@H]2C[C@H]3[C@@H]4CC[C@H]5C[C@@H](O[C@@H]6O[C@H](CO)[C@H](O)[C@H](O)[C@H]6O[C@@H]6O[C@@H](C)[C@H](O)[C@@H](O)[C@H]6O)[C@H](O)C[C@]5(C)[C@H]4CC[C@]3(C)[C@H]2[C@@H]1C)CO[C@@H]1O[C@H](CO)[C@H](O)[C@H](O)[C@H]1O. The van der Waals surface area contributed by atoms with Gasteiger partial charge in [0.25, 0.3) is 0 Å². The van der Waals surface area contributed by atoms with E-state index in [1.807, 2.05) is 6.92 Å². The van der Waals surface area contributed by atoms with Crippen LogP contribution in [-0.2, 0) is 33.2 Å². The summed E-state index contributed by atoms with van der Waals surface area (Å²) in [6, 6.07) is 0. The minimum Gasteiger partial charge on any atom is -0.394 e. The third kappa shape index (κ3) is 8.55. The lowest BCUT2D eigenvalue weighted by Gasteiger charge is -2.62. The van der Waals surface area contributed by atoms with Crippen molar-refractivity contribution in [2.75, 3.05) is 19.8 Å². The van der Waals surface area contributed by atoms with Gasteiger partial charge in [-0.05, 0) is 105 Å². The Balaban J connectivity index is 0.883. The molecule has 4 saturated heterocycles. The van der Waals surface area contributed by atoms with E-state index in [1.54, 1.807) is 0 Å². The Morgan fingerprint density at radius 3 is 2.00 bits per heavy atom. The van der Waals surface area contributed by atoms with Crippen molar-refractivity contribution in [3.8, 4) is 0 Å². The maximum atomic E-state index is 12.1. The van der Waals surface area contributed by atoms with Crippen molar-refractivity contribution < 1.29 is 94.4 Å². The molecule has 370 valence electrons. The van der Waals surface area contributed by atoms with Crippen LogP contribution in [-0.4, -0.2) is 197 Å². The standard InChI is InChI=1S/C45H76O19/c1-18(17-58-40-37(55)35(53)32(50)28(15-46)61-40)8-11-45(57)19(2)30-27(64-45)13-24-22-7-6-21-12-26(25(48)14-44(21,5)23(22)9-10-43(24,30)4)60-42-39(36(54)33(51)29(16-47)62-42)63-41-38(56)34(52)31(49)20(3)59-41/h18-42,46-57H,6-17H2,1-5H3/t18-,19-,20-,21-,22+,23-,24-,25+,26+,27-,28+,29+,30-,31-,32-,33-,34+,35-,36-,37+,38+,39+,40+,41-,42+,43-,44-,45+/m0/s1. The topological polar surface area (TPSA) is 307 Å². The summed E-state index contributed by atoms with van der Waals surface area (Å²) < 4.78 is 41.9. The van der Waals surface area contributed by atoms with Gasteiger partial charge in [0.05, 0.1) is 44.2 Å². The minimum absolute atomic E-state index is 0.0563. The molecular weight excluding hydrogens is 844 g/mol. The minimum atomic E-state index is -1.70. The zero-order chi connectivity index (χ0) is 46.4. The maximum Gasteiger partial charge on any atom is 0.187 e. The highest BCUT2D eigenvalue weighted by atomic mass is 16.8. The van der Waals surface area contributed by atoms with Gasteiger partial charge >= 0.3 is 0 Å². The van der Waals surface area contributed by atoms with Crippen LogP contribution in [0.5, 0.6) is 0 Å². The molecule has 4 heterocycles. The summed E-state index contributed by atoms with van der Waals surface area (Å²) in [6.45, 7) is 9.19. The first-order valence-electron chi connectivity index (χ1n) is 23.8. The Labute approximate surface area is 374 Å². The Morgan fingerprint density at radius 1 is 0.672 bits per heavy atom. The summed E-state index contributed by atoms with van der Waals surface area (Å²) in [6.07, 6.45) is -16.4. The first-order chi connectivity index (χ1) is 30.2. The highest BCUT2D eigenvalue weighted by molar-refractivity contribution is 5.15. The van der Waals surface area contributed by atoms with Crippen LogP contribution in [0.1, 0.15) is 92.4 Å². The lowest BCUT2D eigenvalue weighted by molar-refractivity contribution is -0.374. The van der Waals surface area contributed by atoms with E-state index in [0.717, 1.165) is 32.1 Å². The number of hydrogen-bond donors (Lipinski definition) is 12. The molecule has 0 aromatic carbocycles. The zero-order valence-electron chi connectivity index (χ0n) is 37.6. The fourth-order valence-corrected chi connectivity index (χ4v) is 14.1. The molecule has 0 amide bonds. The molecule has 28 atom stereocenters. The first kappa shape index (κ1) is 49.7. The third-order valence-corrected chi connectivity index (χ3v) is 18.0. The van der Waals surface area contributed by atoms with Gasteiger partial charge in [-0.15, -0.1) is 0 Å². The van der Waals surface area contributed by atoms with Gasteiger partial charge in [-0.2, -0.15) is 0 Å². The fraction of sp³-hybridized carbons (Fsp3) is 1.00. The van der Waals surface area contributed by atoms with Crippen LogP contribution < -0.4 is 0 Å². The van der Waals surface area contributed by atoms with Crippen LogP contribution in [0.3, 0.4) is 0 Å². The van der Waals surface area contributed by atoms with Crippen molar-refractivity contribution in [1.82, 2.24) is 0 Å². The van der Waals surface area contributed by atoms with Gasteiger partial charge in [0.2, 0.25) is 0 Å². The molecule has 0 aromatic rings. The molecule has 0 radical (unpaired) electrons. The summed E-state index contributed by atoms with van der Waals surface area (Å²) in [5.41, 5.74) is -0.263. The second-order valence-electron chi connectivity index (χ2n) is 21.6. The molecule has 12 N–H and O–H groups in total. The largest absolute Gasteiger partial charge is 0.394 e. The molecule has 0 spiro atoms. The normalized spacial score (nSPS) is 56.8. The van der Waals surface area contributed by atoms with E-state index in [0.29, 0.717) is 43.4 Å². The number of hydrogen-bond acceptors (Lipinski definition) is 19. The zero-order valence-corrected chi connectivity index (χ0v) is 37.6. The molecule has 4 aliphatic heterocycles. The van der Waals surface area contributed by atoms with Crippen molar-refractivity contribution in [3.05, 3.63) is 0 Å². The third-order valence-electron chi connectivity index (χ3n) is 18.0. The molecule has 8 aliphatic rings. The van der Waals surface area contributed by atoms with Crippen LogP contribution >= 0.6 is 0 Å².